The molecule has 0 radical (unpaired) electrons. The number of ether oxygens (including phenoxy) is 1. The molecule has 0 bridgehead atoms. The van der Waals surface area contributed by atoms with E-state index in [1.165, 1.54) is 18.4 Å². The Balaban J connectivity index is 1.42. The highest BCUT2D eigenvalue weighted by molar-refractivity contribution is 5.69. The minimum absolute atomic E-state index is 0.165. The van der Waals surface area contributed by atoms with E-state index in [1.54, 1.807) is 0 Å². The monoisotopic (exact) mass is 277 g/mol. The number of amides is 1. The molecule has 110 valence electrons. The summed E-state index contributed by atoms with van der Waals surface area (Å²) in [6.07, 6.45) is 7.25. The summed E-state index contributed by atoms with van der Waals surface area (Å²) in [6, 6.07) is 0. The second-order valence-corrected chi connectivity index (χ2v) is 7.42. The predicted octanol–water partition coefficient (Wildman–Crippen LogP) is 2.60. The Bertz CT molecular complexity index is 476. The van der Waals surface area contributed by atoms with Crippen LogP contribution in [0.4, 0.5) is 4.79 Å². The first kappa shape index (κ1) is 13.5. The average molecular weight is 277 g/mol. The van der Waals surface area contributed by atoms with Gasteiger partial charge in [-0.15, -0.1) is 0 Å². The lowest BCUT2D eigenvalue weighted by Crippen LogP contribution is -2.64. The van der Waals surface area contributed by atoms with Gasteiger partial charge in [0.05, 0.1) is 6.20 Å². The van der Waals surface area contributed by atoms with Gasteiger partial charge in [-0.2, -0.15) is 5.10 Å². The Morgan fingerprint density at radius 2 is 2.20 bits per heavy atom. The smallest absolute Gasteiger partial charge is 0.410 e. The molecule has 2 heterocycles. The Kier molecular flexibility index (Phi) is 3.03. The summed E-state index contributed by atoms with van der Waals surface area (Å²) >= 11 is 0. The second kappa shape index (κ2) is 4.50. The Labute approximate surface area is 119 Å². The van der Waals surface area contributed by atoms with Crippen LogP contribution >= 0.6 is 0 Å². The van der Waals surface area contributed by atoms with Gasteiger partial charge in [-0.05, 0) is 51.5 Å². The van der Waals surface area contributed by atoms with Crippen molar-refractivity contribution in [3.05, 3.63) is 18.0 Å². The number of rotatable bonds is 2. The van der Waals surface area contributed by atoms with Crippen LogP contribution in [0.5, 0.6) is 0 Å². The fraction of sp³-hybridized carbons (Fsp3) is 0.733. The molecule has 1 aliphatic carbocycles. The zero-order valence-corrected chi connectivity index (χ0v) is 12.5. The second-order valence-electron chi connectivity index (χ2n) is 7.42. The molecule has 1 N–H and O–H groups in total. The number of likely N-dealkylation sites (tertiary alicyclic amines) is 1. The number of nitrogens with one attached hydrogen (secondary N) is 1. The quantitative estimate of drug-likeness (QED) is 0.904. The minimum Gasteiger partial charge on any atom is -0.444 e. The zero-order valence-electron chi connectivity index (χ0n) is 12.5. The Hall–Kier alpha value is -1.52. The van der Waals surface area contributed by atoms with Crippen LogP contribution in [0.2, 0.25) is 0 Å². The van der Waals surface area contributed by atoms with Crippen molar-refractivity contribution in [2.45, 2.75) is 45.6 Å². The molecule has 1 spiro atoms. The van der Waals surface area contributed by atoms with E-state index >= 15 is 0 Å². The highest BCUT2D eigenvalue weighted by atomic mass is 16.6. The molecule has 0 unspecified atom stereocenters. The summed E-state index contributed by atoms with van der Waals surface area (Å²) in [7, 11) is 0. The molecule has 1 aliphatic heterocycles. The number of H-pyrrole nitrogens is 1. The van der Waals surface area contributed by atoms with E-state index in [0.29, 0.717) is 5.41 Å². The van der Waals surface area contributed by atoms with E-state index in [2.05, 4.69) is 10.2 Å². The largest absolute Gasteiger partial charge is 0.444 e. The average Bonchev–Trinajstić information content (AvgIpc) is 2.68. The molecule has 20 heavy (non-hydrogen) atoms. The molecule has 1 saturated heterocycles. The van der Waals surface area contributed by atoms with E-state index in [4.69, 9.17) is 4.74 Å². The van der Waals surface area contributed by atoms with Crippen molar-refractivity contribution in [1.82, 2.24) is 15.1 Å². The number of carbonyl (C=O) groups excluding carboxylic acids is 1. The molecule has 1 aromatic heterocycles. The molecule has 2 fully saturated rings. The van der Waals surface area contributed by atoms with Gasteiger partial charge in [0, 0.05) is 24.7 Å². The van der Waals surface area contributed by atoms with Crippen LogP contribution in [0.1, 0.15) is 39.2 Å². The van der Waals surface area contributed by atoms with E-state index in [-0.39, 0.29) is 6.09 Å². The fourth-order valence-corrected chi connectivity index (χ4v) is 3.51. The van der Waals surface area contributed by atoms with Gasteiger partial charge in [-0.3, -0.25) is 5.10 Å². The standard InChI is InChI=1S/C15H23N3O2/c1-14(2,3)20-13(19)18-9-15(10-18)5-11(6-15)4-12-7-16-17-8-12/h7-8,11H,4-6,9-10H2,1-3H3,(H,16,17). The number of carbonyl (C=O) groups is 1. The van der Waals surface area contributed by atoms with Gasteiger partial charge >= 0.3 is 6.09 Å². The lowest BCUT2D eigenvalue weighted by atomic mass is 9.57. The van der Waals surface area contributed by atoms with E-state index in [1.807, 2.05) is 38.1 Å². The number of hydrogen-bond donors (Lipinski definition) is 1. The molecule has 1 saturated carbocycles. The summed E-state index contributed by atoms with van der Waals surface area (Å²) in [5.74, 6) is 0.744. The first-order chi connectivity index (χ1) is 9.35. The van der Waals surface area contributed by atoms with Crippen molar-refractivity contribution in [3.63, 3.8) is 0 Å². The molecule has 3 rings (SSSR count). The maximum atomic E-state index is 11.9. The highest BCUT2D eigenvalue weighted by Crippen LogP contribution is 2.53. The van der Waals surface area contributed by atoms with Gasteiger partial charge < -0.3 is 9.64 Å². The molecule has 0 aromatic carbocycles. The molecule has 5 heteroatoms. The third kappa shape index (κ3) is 2.67. The van der Waals surface area contributed by atoms with E-state index in [0.717, 1.165) is 25.4 Å². The molecule has 1 amide bonds. The van der Waals surface area contributed by atoms with Crippen LogP contribution in [-0.4, -0.2) is 39.9 Å². The first-order valence-corrected chi connectivity index (χ1v) is 7.31. The maximum absolute atomic E-state index is 11.9. The summed E-state index contributed by atoms with van der Waals surface area (Å²) in [6.45, 7) is 7.45. The van der Waals surface area contributed by atoms with Gasteiger partial charge in [-0.25, -0.2) is 4.79 Å². The Morgan fingerprint density at radius 3 is 2.75 bits per heavy atom. The molecular formula is C15H23N3O2. The summed E-state index contributed by atoms with van der Waals surface area (Å²) in [5, 5.41) is 6.84. The van der Waals surface area contributed by atoms with Crippen LogP contribution in [-0.2, 0) is 11.2 Å². The fourth-order valence-electron chi connectivity index (χ4n) is 3.51. The van der Waals surface area contributed by atoms with Crippen LogP contribution in [0, 0.1) is 11.3 Å². The SMILES string of the molecule is CC(C)(C)OC(=O)N1CC2(CC(Cc3cn[nH]c3)C2)C1. The molecule has 5 nitrogen and oxygen atoms in total. The number of hydrogen-bond acceptors (Lipinski definition) is 3. The van der Waals surface area contributed by atoms with Gasteiger partial charge in [0.15, 0.2) is 0 Å². The normalized spacial score (nSPS) is 21.4. The molecule has 0 atom stereocenters. The van der Waals surface area contributed by atoms with Crippen LogP contribution in [0.25, 0.3) is 0 Å². The van der Waals surface area contributed by atoms with Crippen LogP contribution in [0.15, 0.2) is 12.4 Å². The van der Waals surface area contributed by atoms with Crippen molar-refractivity contribution in [2.75, 3.05) is 13.1 Å². The molecule has 1 aromatic rings. The van der Waals surface area contributed by atoms with Gasteiger partial charge in [0.1, 0.15) is 5.60 Å². The lowest BCUT2D eigenvalue weighted by molar-refractivity contribution is -0.0947. The number of aromatic amines is 1. The summed E-state index contributed by atoms with van der Waals surface area (Å²) < 4.78 is 5.39. The van der Waals surface area contributed by atoms with E-state index < -0.39 is 5.60 Å². The third-order valence-electron chi connectivity index (χ3n) is 4.23. The lowest BCUT2D eigenvalue weighted by Gasteiger charge is -2.58. The summed E-state index contributed by atoms with van der Waals surface area (Å²) in [4.78, 5) is 13.7. The van der Waals surface area contributed by atoms with Gasteiger partial charge in [0.25, 0.3) is 0 Å². The molecule has 2 aliphatic rings. The van der Waals surface area contributed by atoms with Gasteiger partial charge in [0.2, 0.25) is 0 Å². The van der Waals surface area contributed by atoms with Crippen molar-refractivity contribution >= 4 is 6.09 Å². The van der Waals surface area contributed by atoms with Crippen molar-refractivity contribution < 1.29 is 9.53 Å². The number of nitrogens with zero attached hydrogens (tertiary/aromatic N) is 2. The van der Waals surface area contributed by atoms with Gasteiger partial charge in [-0.1, -0.05) is 0 Å². The highest BCUT2D eigenvalue weighted by Gasteiger charge is 2.54. The summed E-state index contributed by atoms with van der Waals surface area (Å²) in [5.41, 5.74) is 1.27. The number of aromatic nitrogens is 2. The zero-order chi connectivity index (χ0) is 14.4. The third-order valence-corrected chi connectivity index (χ3v) is 4.23. The van der Waals surface area contributed by atoms with Crippen LogP contribution < -0.4 is 0 Å². The van der Waals surface area contributed by atoms with Crippen molar-refractivity contribution in [1.29, 1.82) is 0 Å². The van der Waals surface area contributed by atoms with Crippen LogP contribution in [0.3, 0.4) is 0 Å². The molecular weight excluding hydrogens is 254 g/mol. The Morgan fingerprint density at radius 1 is 1.50 bits per heavy atom. The minimum atomic E-state index is -0.400. The van der Waals surface area contributed by atoms with Crippen molar-refractivity contribution in [2.24, 2.45) is 11.3 Å². The topological polar surface area (TPSA) is 58.2 Å². The predicted molar refractivity (Wildman–Crippen MR) is 75.3 cm³/mol. The maximum Gasteiger partial charge on any atom is 0.410 e. The first-order valence-electron chi connectivity index (χ1n) is 7.31. The van der Waals surface area contributed by atoms with Crippen molar-refractivity contribution in [3.8, 4) is 0 Å². The van der Waals surface area contributed by atoms with E-state index in [9.17, 15) is 4.79 Å².